The summed E-state index contributed by atoms with van der Waals surface area (Å²) in [6, 6.07) is 13.7. The molecule has 0 radical (unpaired) electrons. The predicted molar refractivity (Wildman–Crippen MR) is 139 cm³/mol. The second kappa shape index (κ2) is 11.3. The highest BCUT2D eigenvalue weighted by atomic mass is 32.2. The standard InChI is InChI=1S/C24H28N6O5S2/c1-15(2)21(12-26-20(23(31)32)10-16-6-4-3-5-7-16)30-13-17(28-29-30)14-35-18-8-9-19-22(11-18)36-24(27-19)37(25,33)34/h3-9,11,13,15,20-21,26H,10,12,14H2,1-2H3,(H,31,32)(H2,25,33,34)/t20?,21-/m1/s1. The molecule has 0 saturated carbocycles. The van der Waals surface area contributed by atoms with Crippen LogP contribution in [0.1, 0.15) is 31.1 Å². The summed E-state index contributed by atoms with van der Waals surface area (Å²) < 4.78 is 31.1. The lowest BCUT2D eigenvalue weighted by Crippen LogP contribution is -2.42. The Kier molecular flexibility index (Phi) is 8.17. The third kappa shape index (κ3) is 6.89. The monoisotopic (exact) mass is 544 g/mol. The summed E-state index contributed by atoms with van der Waals surface area (Å²) in [5, 5.41) is 26.5. The molecule has 13 heteroatoms. The second-order valence-electron chi connectivity index (χ2n) is 8.93. The average molecular weight is 545 g/mol. The Morgan fingerprint density at radius 1 is 1.22 bits per heavy atom. The first kappa shape index (κ1) is 26.7. The molecule has 2 aromatic carbocycles. The molecule has 37 heavy (non-hydrogen) atoms. The van der Waals surface area contributed by atoms with Gasteiger partial charge in [0.15, 0.2) is 0 Å². The first-order valence-electron chi connectivity index (χ1n) is 11.6. The van der Waals surface area contributed by atoms with Crippen molar-refractivity contribution in [1.82, 2.24) is 25.3 Å². The number of nitrogens with zero attached hydrogens (tertiary/aromatic N) is 4. The van der Waals surface area contributed by atoms with Crippen LogP contribution in [0.25, 0.3) is 10.2 Å². The maximum Gasteiger partial charge on any atom is 0.321 e. The molecular formula is C24H28N6O5S2. The van der Waals surface area contributed by atoms with Crippen LogP contribution in [0.2, 0.25) is 0 Å². The predicted octanol–water partition coefficient (Wildman–Crippen LogP) is 2.60. The number of ether oxygens (including phenoxy) is 1. The molecule has 0 spiro atoms. The number of nitrogens with one attached hydrogen (secondary N) is 1. The van der Waals surface area contributed by atoms with E-state index < -0.39 is 22.0 Å². The zero-order chi connectivity index (χ0) is 26.6. The van der Waals surface area contributed by atoms with E-state index in [1.165, 1.54) is 0 Å². The van der Waals surface area contributed by atoms with Crippen molar-refractivity contribution < 1.29 is 23.1 Å². The maximum absolute atomic E-state index is 11.8. The minimum Gasteiger partial charge on any atom is -0.487 e. The third-order valence-electron chi connectivity index (χ3n) is 5.79. The van der Waals surface area contributed by atoms with Gasteiger partial charge in [0, 0.05) is 6.54 Å². The van der Waals surface area contributed by atoms with E-state index in [2.05, 4.69) is 20.6 Å². The number of rotatable bonds is 12. The highest BCUT2D eigenvalue weighted by Gasteiger charge is 2.23. The molecule has 0 saturated heterocycles. The van der Waals surface area contributed by atoms with Crippen molar-refractivity contribution in [2.45, 2.75) is 43.3 Å². The molecule has 1 unspecified atom stereocenters. The van der Waals surface area contributed by atoms with E-state index in [1.54, 1.807) is 29.1 Å². The van der Waals surface area contributed by atoms with Crippen LogP contribution >= 0.6 is 11.3 Å². The molecule has 0 fully saturated rings. The number of thiazole rings is 1. The fourth-order valence-electron chi connectivity index (χ4n) is 3.79. The molecule has 0 amide bonds. The number of hydrogen-bond donors (Lipinski definition) is 3. The molecule has 4 aromatic rings. The summed E-state index contributed by atoms with van der Waals surface area (Å²) >= 11 is 0.976. The summed E-state index contributed by atoms with van der Waals surface area (Å²) in [5.41, 5.74) is 2.06. The lowest BCUT2D eigenvalue weighted by Gasteiger charge is -2.24. The van der Waals surface area contributed by atoms with Gasteiger partial charge in [0.1, 0.15) is 24.1 Å². The number of benzene rings is 2. The van der Waals surface area contributed by atoms with Crippen molar-refractivity contribution in [3.63, 3.8) is 0 Å². The van der Waals surface area contributed by atoms with Crippen LogP contribution in [0.4, 0.5) is 0 Å². The molecule has 0 aliphatic rings. The fraction of sp³-hybridized carbons (Fsp3) is 0.333. The van der Waals surface area contributed by atoms with Crippen LogP contribution in [-0.4, -0.2) is 52.1 Å². The van der Waals surface area contributed by atoms with E-state index in [1.807, 2.05) is 44.2 Å². The van der Waals surface area contributed by atoms with Crippen LogP contribution in [0, 0.1) is 5.92 Å². The SMILES string of the molecule is CC(C)[C@@H](CNC(Cc1ccccc1)C(=O)O)n1cc(COc2ccc3nc(S(N)(=O)=O)sc3c2)nn1. The van der Waals surface area contributed by atoms with Crippen LogP contribution < -0.4 is 15.2 Å². The Balaban J connectivity index is 1.39. The lowest BCUT2D eigenvalue weighted by atomic mass is 10.0. The Bertz CT molecular complexity index is 1470. The number of carbonyl (C=O) groups is 1. The van der Waals surface area contributed by atoms with Gasteiger partial charge in [-0.05, 0) is 36.1 Å². The smallest absolute Gasteiger partial charge is 0.321 e. The number of sulfonamides is 1. The molecular weight excluding hydrogens is 516 g/mol. The van der Waals surface area contributed by atoms with E-state index in [0.717, 1.165) is 16.9 Å². The van der Waals surface area contributed by atoms with Crippen molar-refractivity contribution in [1.29, 1.82) is 0 Å². The zero-order valence-corrected chi connectivity index (χ0v) is 21.9. The molecule has 0 aliphatic carbocycles. The number of carboxylic acids is 1. The zero-order valence-electron chi connectivity index (χ0n) is 20.3. The van der Waals surface area contributed by atoms with E-state index in [-0.39, 0.29) is 22.9 Å². The number of aromatic nitrogens is 4. The summed E-state index contributed by atoms with van der Waals surface area (Å²) in [4.78, 5) is 15.9. The van der Waals surface area contributed by atoms with E-state index >= 15 is 0 Å². The van der Waals surface area contributed by atoms with Gasteiger partial charge in [0.25, 0.3) is 10.0 Å². The van der Waals surface area contributed by atoms with Crippen LogP contribution in [-0.2, 0) is 27.8 Å². The number of fused-ring (bicyclic) bond motifs is 1. The van der Waals surface area contributed by atoms with Crippen molar-refractivity contribution >= 4 is 37.5 Å². The number of nitrogens with two attached hydrogens (primary N) is 1. The molecule has 4 rings (SSSR count). The maximum atomic E-state index is 11.8. The van der Waals surface area contributed by atoms with Crippen molar-refractivity contribution in [2.24, 2.45) is 11.1 Å². The highest BCUT2D eigenvalue weighted by molar-refractivity contribution is 7.91. The molecule has 0 bridgehead atoms. The number of hydrogen-bond acceptors (Lipinski definition) is 9. The van der Waals surface area contributed by atoms with Gasteiger partial charge in [0.05, 0.1) is 22.5 Å². The van der Waals surface area contributed by atoms with Crippen LogP contribution in [0.15, 0.2) is 59.1 Å². The summed E-state index contributed by atoms with van der Waals surface area (Å²) in [6.07, 6.45) is 2.16. The van der Waals surface area contributed by atoms with Gasteiger partial charge in [-0.1, -0.05) is 49.4 Å². The Hall–Kier alpha value is -3.39. The van der Waals surface area contributed by atoms with Gasteiger partial charge in [-0.3, -0.25) is 4.79 Å². The minimum atomic E-state index is -3.87. The van der Waals surface area contributed by atoms with Crippen molar-refractivity contribution in [2.75, 3.05) is 6.54 Å². The largest absolute Gasteiger partial charge is 0.487 e. The number of primary sulfonamides is 1. The number of aliphatic carboxylic acids is 1. The number of carboxylic acid groups (broad SMARTS) is 1. The topological polar surface area (TPSA) is 162 Å². The normalized spacial score (nSPS) is 13.6. The molecule has 2 heterocycles. The molecule has 0 aliphatic heterocycles. The van der Waals surface area contributed by atoms with Gasteiger partial charge in [-0.2, -0.15) is 0 Å². The Labute approximate surface area is 218 Å². The first-order chi connectivity index (χ1) is 17.6. The van der Waals surface area contributed by atoms with Gasteiger partial charge in [-0.15, -0.1) is 16.4 Å². The van der Waals surface area contributed by atoms with Crippen LogP contribution in [0.5, 0.6) is 5.75 Å². The molecule has 2 atom stereocenters. The van der Waals surface area contributed by atoms with Gasteiger partial charge in [0.2, 0.25) is 4.34 Å². The van der Waals surface area contributed by atoms with Gasteiger partial charge < -0.3 is 15.2 Å². The van der Waals surface area contributed by atoms with E-state index in [4.69, 9.17) is 9.88 Å². The Morgan fingerprint density at radius 2 is 1.97 bits per heavy atom. The quantitative estimate of drug-likeness (QED) is 0.243. The molecule has 196 valence electrons. The summed E-state index contributed by atoms with van der Waals surface area (Å²) in [6.45, 7) is 4.63. The van der Waals surface area contributed by atoms with E-state index in [0.29, 0.717) is 34.6 Å². The van der Waals surface area contributed by atoms with Gasteiger partial charge in [-0.25, -0.2) is 23.2 Å². The van der Waals surface area contributed by atoms with Gasteiger partial charge >= 0.3 is 5.97 Å². The fourth-order valence-corrected chi connectivity index (χ4v) is 5.47. The van der Waals surface area contributed by atoms with E-state index in [9.17, 15) is 18.3 Å². The first-order valence-corrected chi connectivity index (χ1v) is 13.9. The molecule has 11 nitrogen and oxygen atoms in total. The second-order valence-corrected chi connectivity index (χ2v) is 11.7. The molecule has 2 aromatic heterocycles. The highest BCUT2D eigenvalue weighted by Crippen LogP contribution is 2.28. The summed E-state index contributed by atoms with van der Waals surface area (Å²) in [5.74, 6) is -0.219. The minimum absolute atomic E-state index is 0.121. The van der Waals surface area contributed by atoms with Crippen molar-refractivity contribution in [3.8, 4) is 5.75 Å². The lowest BCUT2D eigenvalue weighted by molar-refractivity contribution is -0.139. The van der Waals surface area contributed by atoms with Crippen molar-refractivity contribution in [3.05, 3.63) is 66.0 Å². The van der Waals surface area contributed by atoms with Crippen LogP contribution in [0.3, 0.4) is 0 Å². The summed E-state index contributed by atoms with van der Waals surface area (Å²) in [7, 11) is -3.87. The third-order valence-corrected chi connectivity index (χ3v) is 8.13. The Morgan fingerprint density at radius 3 is 2.65 bits per heavy atom. The average Bonchev–Trinajstić information content (AvgIpc) is 3.49. The molecule has 4 N–H and O–H groups in total.